The summed E-state index contributed by atoms with van der Waals surface area (Å²) in [6.07, 6.45) is 34.6. The second kappa shape index (κ2) is 21.7. The predicted molar refractivity (Wildman–Crippen MR) is 147 cm³/mol. The second-order valence-electron chi connectivity index (χ2n) is 10.9. The van der Waals surface area contributed by atoms with Gasteiger partial charge in [0.1, 0.15) is 12.4 Å². The maximum Gasteiger partial charge on any atom is 0.258 e. The van der Waals surface area contributed by atoms with Crippen molar-refractivity contribution in [2.24, 2.45) is 0 Å². The summed E-state index contributed by atoms with van der Waals surface area (Å²) in [4.78, 5) is 0. The Balaban J connectivity index is 2.05. The molecule has 0 saturated carbocycles. The van der Waals surface area contributed by atoms with Gasteiger partial charge in [0.05, 0.1) is 19.0 Å². The topological polar surface area (TPSA) is 8.81 Å². The lowest BCUT2D eigenvalue weighted by molar-refractivity contribution is -0.705. The van der Waals surface area contributed by atoms with E-state index in [1.54, 1.807) is 0 Å². The largest absolute Gasteiger partial charge is 0.258 e. The molecule has 0 unspecified atom stereocenters. The van der Waals surface area contributed by atoms with E-state index in [2.05, 4.69) is 49.2 Å². The molecule has 0 atom stereocenters. The predicted octanol–water partition coefficient (Wildman–Crippen LogP) is 10.1. The fourth-order valence-corrected chi connectivity index (χ4v) is 5.24. The molecule has 2 nitrogen and oxygen atoms in total. The highest BCUT2D eigenvalue weighted by Gasteiger charge is 2.19. The van der Waals surface area contributed by atoms with Gasteiger partial charge >= 0.3 is 0 Å². The Hall–Kier alpha value is -0.790. The Bertz CT molecular complexity index is 531. The van der Waals surface area contributed by atoms with Gasteiger partial charge in [-0.15, -0.1) is 0 Å². The average molecular weight is 462 g/mol. The lowest BCUT2D eigenvalue weighted by atomic mass is 10.0. The van der Waals surface area contributed by atoms with Crippen LogP contribution in [0.4, 0.5) is 0 Å². The number of nitrogens with zero attached hydrogens (tertiary/aromatic N) is 2. The van der Waals surface area contributed by atoms with Gasteiger partial charge in [0.25, 0.3) is 5.82 Å². The third-order valence-electron chi connectivity index (χ3n) is 7.29. The maximum atomic E-state index is 2.55. The molecule has 0 bridgehead atoms. The Morgan fingerprint density at radius 3 is 1.39 bits per heavy atom. The van der Waals surface area contributed by atoms with Gasteiger partial charge in [-0.25, -0.2) is 9.13 Å². The van der Waals surface area contributed by atoms with Crippen molar-refractivity contribution in [1.82, 2.24) is 4.57 Å². The van der Waals surface area contributed by atoms with E-state index >= 15 is 0 Å². The van der Waals surface area contributed by atoms with Crippen LogP contribution in [0.5, 0.6) is 0 Å². The summed E-state index contributed by atoms with van der Waals surface area (Å²) in [5, 5.41) is 0. The van der Waals surface area contributed by atoms with Crippen LogP contribution in [0.25, 0.3) is 0 Å². The number of rotatable bonds is 24. The molecule has 1 aromatic heterocycles. The van der Waals surface area contributed by atoms with Crippen molar-refractivity contribution in [2.45, 2.75) is 182 Å². The van der Waals surface area contributed by atoms with Gasteiger partial charge in [0.15, 0.2) is 0 Å². The molecule has 0 aliphatic heterocycles. The average Bonchev–Trinajstić information content (AvgIpc) is 3.21. The molecule has 1 rings (SSSR count). The third kappa shape index (κ3) is 15.7. The van der Waals surface area contributed by atoms with E-state index in [1.165, 1.54) is 154 Å². The molecule has 0 spiro atoms. The number of aromatic nitrogens is 2. The molecule has 194 valence electrons. The van der Waals surface area contributed by atoms with Crippen LogP contribution < -0.4 is 4.57 Å². The van der Waals surface area contributed by atoms with E-state index in [0.29, 0.717) is 5.92 Å². The van der Waals surface area contributed by atoms with E-state index in [0.717, 1.165) is 0 Å². The first kappa shape index (κ1) is 30.2. The zero-order valence-corrected chi connectivity index (χ0v) is 23.4. The van der Waals surface area contributed by atoms with Crippen molar-refractivity contribution in [3.8, 4) is 0 Å². The van der Waals surface area contributed by atoms with Gasteiger partial charge in [-0.3, -0.25) is 0 Å². The van der Waals surface area contributed by atoms with Crippen molar-refractivity contribution in [2.75, 3.05) is 0 Å². The molecule has 2 heteroatoms. The molecule has 0 aliphatic carbocycles. The molecule has 0 N–H and O–H groups in total. The molecule has 0 aliphatic rings. The standard InChI is InChI=1S/C31H61N2/c1-5-7-9-11-13-14-15-16-17-18-19-20-21-23-25-27-33-29-28-32(31(33)30(3)4)26-24-22-12-10-8-6-2/h28-30H,5-27H2,1-4H3/q+1. The summed E-state index contributed by atoms with van der Waals surface area (Å²) in [6, 6.07) is 0. The van der Waals surface area contributed by atoms with E-state index in [9.17, 15) is 0 Å². The molecule has 0 fully saturated rings. The monoisotopic (exact) mass is 461 g/mol. The van der Waals surface area contributed by atoms with E-state index in [-0.39, 0.29) is 0 Å². The summed E-state index contributed by atoms with van der Waals surface area (Å²) < 4.78 is 5.08. The van der Waals surface area contributed by atoms with Crippen LogP contribution in [-0.4, -0.2) is 4.57 Å². The Morgan fingerprint density at radius 1 is 0.576 bits per heavy atom. The van der Waals surface area contributed by atoms with Gasteiger partial charge in [-0.1, -0.05) is 137 Å². The van der Waals surface area contributed by atoms with E-state index < -0.39 is 0 Å². The number of unbranched alkanes of at least 4 members (excludes halogenated alkanes) is 19. The highest BCUT2D eigenvalue weighted by molar-refractivity contribution is 4.89. The van der Waals surface area contributed by atoms with Crippen LogP contribution in [0, 0.1) is 0 Å². The van der Waals surface area contributed by atoms with Crippen molar-refractivity contribution in [3.05, 3.63) is 18.2 Å². The smallest absolute Gasteiger partial charge is 0.234 e. The van der Waals surface area contributed by atoms with Crippen LogP contribution in [0.2, 0.25) is 0 Å². The van der Waals surface area contributed by atoms with Crippen LogP contribution in [0.15, 0.2) is 12.4 Å². The summed E-state index contributed by atoms with van der Waals surface area (Å²) >= 11 is 0. The van der Waals surface area contributed by atoms with Crippen LogP contribution >= 0.6 is 0 Å². The fraction of sp³-hybridized carbons (Fsp3) is 0.903. The van der Waals surface area contributed by atoms with Crippen molar-refractivity contribution in [3.63, 3.8) is 0 Å². The molecule has 33 heavy (non-hydrogen) atoms. The van der Waals surface area contributed by atoms with Crippen LogP contribution in [-0.2, 0) is 13.1 Å². The summed E-state index contributed by atoms with van der Waals surface area (Å²) in [5.74, 6) is 2.14. The lowest BCUT2D eigenvalue weighted by Gasteiger charge is -2.08. The SMILES string of the molecule is CCCCCCCCCCCCCCCCC[n+]1ccn(CCCCCCCC)c1C(C)C. The summed E-state index contributed by atoms with van der Waals surface area (Å²) in [5.41, 5.74) is 0. The number of aryl methyl sites for hydroxylation is 2. The summed E-state index contributed by atoms with van der Waals surface area (Å²) in [6.45, 7) is 11.7. The fourth-order valence-electron chi connectivity index (χ4n) is 5.24. The van der Waals surface area contributed by atoms with Crippen molar-refractivity contribution < 1.29 is 4.57 Å². The molecule has 0 radical (unpaired) electrons. The van der Waals surface area contributed by atoms with Crippen LogP contribution in [0.1, 0.15) is 174 Å². The molecule has 0 aromatic carbocycles. The van der Waals surface area contributed by atoms with E-state index in [4.69, 9.17) is 0 Å². The Kier molecular flexibility index (Phi) is 19.9. The first-order chi connectivity index (χ1) is 16.2. The quantitative estimate of drug-likeness (QED) is 0.107. The van der Waals surface area contributed by atoms with Crippen LogP contribution in [0.3, 0.4) is 0 Å². The number of hydrogen-bond acceptors (Lipinski definition) is 0. The van der Waals surface area contributed by atoms with Gasteiger partial charge in [-0.2, -0.15) is 0 Å². The molecule has 0 amide bonds. The van der Waals surface area contributed by atoms with Gasteiger partial charge in [0.2, 0.25) is 0 Å². The third-order valence-corrected chi connectivity index (χ3v) is 7.29. The Labute approximate surface area is 208 Å². The lowest BCUT2D eigenvalue weighted by Crippen LogP contribution is -2.38. The highest BCUT2D eigenvalue weighted by atomic mass is 15.1. The van der Waals surface area contributed by atoms with Gasteiger partial charge < -0.3 is 0 Å². The Morgan fingerprint density at radius 2 is 0.970 bits per heavy atom. The normalized spacial score (nSPS) is 11.7. The zero-order valence-electron chi connectivity index (χ0n) is 23.4. The molecule has 1 heterocycles. The molecule has 1 aromatic rings. The zero-order chi connectivity index (χ0) is 24.0. The highest BCUT2D eigenvalue weighted by Crippen LogP contribution is 2.15. The second-order valence-corrected chi connectivity index (χ2v) is 10.9. The first-order valence-electron chi connectivity index (χ1n) is 15.3. The van der Waals surface area contributed by atoms with Gasteiger partial charge in [0, 0.05) is 0 Å². The molecular weight excluding hydrogens is 400 g/mol. The summed E-state index contributed by atoms with van der Waals surface area (Å²) in [7, 11) is 0. The van der Waals surface area contributed by atoms with Crippen molar-refractivity contribution >= 4 is 0 Å². The molecule has 0 saturated heterocycles. The number of hydrogen-bond donors (Lipinski definition) is 0. The minimum absolute atomic E-state index is 0.608. The maximum absolute atomic E-state index is 2.55. The molecular formula is C31H61N2+. The van der Waals surface area contributed by atoms with E-state index in [1.807, 2.05) is 0 Å². The number of imidazole rings is 1. The first-order valence-corrected chi connectivity index (χ1v) is 15.3. The van der Waals surface area contributed by atoms with Crippen molar-refractivity contribution in [1.29, 1.82) is 0 Å². The minimum atomic E-state index is 0.608. The minimum Gasteiger partial charge on any atom is -0.234 e. The van der Waals surface area contributed by atoms with Gasteiger partial charge in [-0.05, 0) is 25.7 Å².